The Bertz CT molecular complexity index is 486. The molecule has 4 nitrogen and oxygen atoms in total. The van der Waals surface area contributed by atoms with Crippen molar-refractivity contribution >= 4 is 40.2 Å². The van der Waals surface area contributed by atoms with Gasteiger partial charge in [-0.25, -0.2) is 4.39 Å². The van der Waals surface area contributed by atoms with Crippen molar-refractivity contribution in [1.29, 1.82) is 0 Å². The number of benzene rings is 1. The van der Waals surface area contributed by atoms with Crippen molar-refractivity contribution in [1.82, 2.24) is 0 Å². The highest BCUT2D eigenvalue weighted by Gasteiger charge is 2.30. The van der Waals surface area contributed by atoms with Crippen molar-refractivity contribution in [3.05, 3.63) is 34.6 Å². The van der Waals surface area contributed by atoms with Crippen LogP contribution in [0.1, 0.15) is 11.5 Å². The van der Waals surface area contributed by atoms with Crippen molar-refractivity contribution in [2.75, 3.05) is 5.88 Å². The molecule has 8 heteroatoms. The Morgan fingerprint density at radius 2 is 2.17 bits per heavy atom. The van der Waals surface area contributed by atoms with Crippen molar-refractivity contribution in [2.24, 2.45) is 5.73 Å². The lowest BCUT2D eigenvalue weighted by atomic mass is 9.95. The number of amides is 1. The molecule has 1 rings (SSSR count). The van der Waals surface area contributed by atoms with Gasteiger partial charge in [-0.3, -0.25) is 9.00 Å². The smallest absolute Gasteiger partial charge is 0.226 e. The van der Waals surface area contributed by atoms with Gasteiger partial charge < -0.3 is 10.3 Å². The number of alkyl halides is 1. The number of rotatable bonds is 5. The van der Waals surface area contributed by atoms with Crippen LogP contribution >= 0.6 is 23.2 Å². The van der Waals surface area contributed by atoms with Gasteiger partial charge in [0.2, 0.25) is 5.91 Å². The van der Waals surface area contributed by atoms with Crippen LogP contribution in [0.5, 0.6) is 0 Å². The lowest BCUT2D eigenvalue weighted by Crippen LogP contribution is -2.35. The molecular weight excluding hydrogens is 304 g/mol. The Morgan fingerprint density at radius 3 is 2.56 bits per heavy atom. The second-order valence-corrected chi connectivity index (χ2v) is 5.34. The van der Waals surface area contributed by atoms with Gasteiger partial charge in [0.05, 0.1) is 11.2 Å². The maximum Gasteiger partial charge on any atom is 0.226 e. The van der Waals surface area contributed by atoms with E-state index in [4.69, 9.17) is 28.9 Å². The average Bonchev–Trinajstić information content (AvgIpc) is 2.26. The van der Waals surface area contributed by atoms with Crippen LogP contribution in [0.3, 0.4) is 0 Å². The van der Waals surface area contributed by atoms with Gasteiger partial charge in [0.25, 0.3) is 0 Å². The van der Waals surface area contributed by atoms with Gasteiger partial charge in [0, 0.05) is 10.9 Å². The fourth-order valence-electron chi connectivity index (χ4n) is 1.54. The Morgan fingerprint density at radius 1 is 1.56 bits per heavy atom. The van der Waals surface area contributed by atoms with E-state index in [2.05, 4.69) is 0 Å². The molecule has 0 heterocycles. The van der Waals surface area contributed by atoms with E-state index in [1.165, 1.54) is 6.07 Å². The average molecular weight is 313 g/mol. The Balaban J connectivity index is 3.27. The molecule has 100 valence electrons. The molecule has 1 aromatic rings. The third-order valence-corrected chi connectivity index (χ3v) is 4.15. The van der Waals surface area contributed by atoms with Crippen LogP contribution < -0.4 is 5.73 Å². The number of carbonyl (C=O) groups is 1. The maximum atomic E-state index is 12.9. The summed E-state index contributed by atoms with van der Waals surface area (Å²) in [7, 11) is 0. The summed E-state index contributed by atoms with van der Waals surface area (Å²) in [5.41, 5.74) is 5.31. The lowest BCUT2D eigenvalue weighted by molar-refractivity contribution is -0.119. The van der Waals surface area contributed by atoms with E-state index in [0.717, 1.165) is 12.1 Å². The van der Waals surface area contributed by atoms with Gasteiger partial charge in [0.15, 0.2) is 0 Å². The number of carbonyl (C=O) groups excluding carboxylic acids is 1. The Hall–Kier alpha value is -0.690. The summed E-state index contributed by atoms with van der Waals surface area (Å²) < 4.78 is 34.9. The summed E-state index contributed by atoms with van der Waals surface area (Å²) in [6.07, 6.45) is 0. The van der Waals surface area contributed by atoms with Gasteiger partial charge in [-0.05, 0) is 28.8 Å². The number of primary amides is 1. The van der Waals surface area contributed by atoms with E-state index < -0.39 is 34.0 Å². The van der Waals surface area contributed by atoms with Crippen LogP contribution in [0, 0.1) is 5.82 Å². The minimum atomic E-state index is -2.60. The highest BCUT2D eigenvalue weighted by Crippen LogP contribution is 2.30. The van der Waals surface area contributed by atoms with Crippen molar-refractivity contribution < 1.29 is 17.9 Å². The summed E-state index contributed by atoms with van der Waals surface area (Å²) in [5.74, 6) is -3.03. The Labute approximate surface area is 116 Å². The molecule has 0 fully saturated rings. The SMILES string of the molecule is NC(=O)C(c1ccc(F)cc1Cl)C(CCl)S(=O)[O-]. The monoisotopic (exact) mass is 312 g/mol. The third kappa shape index (κ3) is 3.41. The molecule has 0 saturated carbocycles. The van der Waals surface area contributed by atoms with Crippen molar-refractivity contribution in [2.45, 2.75) is 11.2 Å². The molecule has 3 unspecified atom stereocenters. The molecule has 2 N–H and O–H groups in total. The molecule has 1 amide bonds. The molecule has 0 radical (unpaired) electrons. The summed E-state index contributed by atoms with van der Waals surface area (Å²) in [4.78, 5) is 11.4. The van der Waals surface area contributed by atoms with Crippen LogP contribution in [0.15, 0.2) is 18.2 Å². The van der Waals surface area contributed by atoms with E-state index in [1.54, 1.807) is 0 Å². The van der Waals surface area contributed by atoms with Crippen molar-refractivity contribution in [3.63, 3.8) is 0 Å². The quantitative estimate of drug-likeness (QED) is 0.661. The second-order valence-electron chi connectivity index (χ2n) is 3.50. The second kappa shape index (κ2) is 6.47. The first kappa shape index (κ1) is 15.4. The van der Waals surface area contributed by atoms with Crippen LogP contribution in [0.25, 0.3) is 0 Å². The zero-order valence-corrected chi connectivity index (χ0v) is 11.3. The fraction of sp³-hybridized carbons (Fsp3) is 0.300. The van der Waals surface area contributed by atoms with E-state index in [9.17, 15) is 17.9 Å². The first-order valence-electron chi connectivity index (χ1n) is 4.76. The molecule has 0 aliphatic rings. The molecule has 0 bridgehead atoms. The van der Waals surface area contributed by atoms with Gasteiger partial charge >= 0.3 is 0 Å². The van der Waals surface area contributed by atoms with E-state index in [-0.39, 0.29) is 16.5 Å². The molecule has 0 spiro atoms. The minimum Gasteiger partial charge on any atom is -0.772 e. The zero-order valence-electron chi connectivity index (χ0n) is 8.94. The van der Waals surface area contributed by atoms with Crippen LogP contribution in [0.2, 0.25) is 5.02 Å². The number of halogens is 3. The maximum absolute atomic E-state index is 12.9. The third-order valence-electron chi connectivity index (χ3n) is 2.38. The summed E-state index contributed by atoms with van der Waals surface area (Å²) >= 11 is 8.70. The summed E-state index contributed by atoms with van der Waals surface area (Å²) in [6, 6.07) is 3.27. The molecule has 3 atom stereocenters. The predicted molar refractivity (Wildman–Crippen MR) is 66.8 cm³/mol. The van der Waals surface area contributed by atoms with Crippen molar-refractivity contribution in [3.8, 4) is 0 Å². The standard InChI is InChI=1S/C10H10Cl2FNO3S/c11-4-8(18(16)17)9(10(14)15)6-2-1-5(13)3-7(6)12/h1-3,8-9H,4H2,(H2,14,15)(H,16,17)/p-1. The molecule has 18 heavy (non-hydrogen) atoms. The van der Waals surface area contributed by atoms with Gasteiger partial charge in [-0.2, -0.15) is 0 Å². The topological polar surface area (TPSA) is 83.2 Å². The number of hydrogen-bond acceptors (Lipinski definition) is 3. The van der Waals surface area contributed by atoms with Crippen LogP contribution in [0.4, 0.5) is 4.39 Å². The lowest BCUT2D eigenvalue weighted by Gasteiger charge is -2.25. The number of hydrogen-bond donors (Lipinski definition) is 1. The first-order valence-corrected chi connectivity index (χ1v) is 6.81. The minimum absolute atomic E-state index is 0.0700. The molecule has 0 aliphatic heterocycles. The highest BCUT2D eigenvalue weighted by molar-refractivity contribution is 7.80. The molecule has 0 aromatic heterocycles. The van der Waals surface area contributed by atoms with Gasteiger partial charge in [-0.1, -0.05) is 17.7 Å². The molecule has 0 saturated heterocycles. The molecule has 0 aliphatic carbocycles. The molecule has 1 aromatic carbocycles. The predicted octanol–water partition coefficient (Wildman–Crippen LogP) is 1.53. The van der Waals surface area contributed by atoms with Crippen LogP contribution in [-0.4, -0.2) is 25.8 Å². The van der Waals surface area contributed by atoms with Gasteiger partial charge in [-0.15, -0.1) is 11.6 Å². The summed E-state index contributed by atoms with van der Waals surface area (Å²) in [6.45, 7) is 0. The Kier molecular flexibility index (Phi) is 5.52. The van der Waals surface area contributed by atoms with Crippen LogP contribution in [-0.2, 0) is 15.9 Å². The first-order chi connectivity index (χ1) is 8.38. The highest BCUT2D eigenvalue weighted by atomic mass is 35.5. The van der Waals surface area contributed by atoms with Gasteiger partial charge in [0.1, 0.15) is 5.82 Å². The summed E-state index contributed by atoms with van der Waals surface area (Å²) in [5, 5.41) is -1.29. The number of nitrogens with two attached hydrogens (primary N) is 1. The van der Waals surface area contributed by atoms with E-state index in [1.807, 2.05) is 0 Å². The fourth-order valence-corrected chi connectivity index (χ4v) is 2.92. The van der Waals surface area contributed by atoms with E-state index >= 15 is 0 Å². The zero-order chi connectivity index (χ0) is 13.9. The van der Waals surface area contributed by atoms with E-state index in [0.29, 0.717) is 0 Å². The molecular formula is C10H9Cl2FNO3S-. The largest absolute Gasteiger partial charge is 0.772 e. The normalized spacial score (nSPS) is 16.0.